The van der Waals surface area contributed by atoms with Crippen molar-refractivity contribution in [3.63, 3.8) is 0 Å². The maximum absolute atomic E-state index is 6.02. The Morgan fingerprint density at radius 2 is 2.18 bits per heavy atom. The van der Waals surface area contributed by atoms with Gasteiger partial charge < -0.3 is 10.1 Å². The van der Waals surface area contributed by atoms with Gasteiger partial charge in [-0.2, -0.15) is 0 Å². The highest BCUT2D eigenvalue weighted by molar-refractivity contribution is 6.42. The van der Waals surface area contributed by atoms with Crippen molar-refractivity contribution in [2.24, 2.45) is 0 Å². The molecule has 2 atom stereocenters. The Labute approximate surface area is 112 Å². The van der Waals surface area contributed by atoms with Crippen molar-refractivity contribution in [2.45, 2.75) is 31.8 Å². The molecule has 0 aromatic heterocycles. The molecule has 1 aliphatic heterocycles. The molecule has 0 saturated carbocycles. The number of hydrogen-bond donors (Lipinski definition) is 1. The highest BCUT2D eigenvalue weighted by Crippen LogP contribution is 2.26. The number of benzene rings is 1. The van der Waals surface area contributed by atoms with Gasteiger partial charge in [0.15, 0.2) is 0 Å². The maximum atomic E-state index is 6.02. The lowest BCUT2D eigenvalue weighted by Crippen LogP contribution is -2.38. The van der Waals surface area contributed by atoms with Crippen LogP contribution in [0.1, 0.15) is 31.4 Å². The van der Waals surface area contributed by atoms with Crippen LogP contribution < -0.4 is 5.32 Å². The minimum atomic E-state index is 0.261. The Morgan fingerprint density at radius 3 is 2.82 bits per heavy atom. The third-order valence-electron chi connectivity index (χ3n) is 3.09. The topological polar surface area (TPSA) is 21.3 Å². The molecule has 0 amide bonds. The van der Waals surface area contributed by atoms with E-state index in [1.165, 1.54) is 6.42 Å². The zero-order valence-electron chi connectivity index (χ0n) is 9.88. The van der Waals surface area contributed by atoms with E-state index in [-0.39, 0.29) is 6.04 Å². The van der Waals surface area contributed by atoms with Crippen LogP contribution in [-0.2, 0) is 4.74 Å². The lowest BCUT2D eigenvalue weighted by molar-refractivity contribution is 0.0671. The van der Waals surface area contributed by atoms with Gasteiger partial charge in [0.1, 0.15) is 0 Å². The molecule has 1 N–H and O–H groups in total. The first-order valence-electron chi connectivity index (χ1n) is 5.95. The summed E-state index contributed by atoms with van der Waals surface area (Å²) in [5.74, 6) is 0. The number of rotatable bonds is 3. The van der Waals surface area contributed by atoms with Crippen molar-refractivity contribution in [2.75, 3.05) is 13.2 Å². The number of hydrogen-bond acceptors (Lipinski definition) is 2. The molecule has 1 fully saturated rings. The predicted octanol–water partition coefficient (Wildman–Crippen LogP) is 3.82. The summed E-state index contributed by atoms with van der Waals surface area (Å²) in [5, 5.41) is 4.76. The second kappa shape index (κ2) is 6.05. The van der Waals surface area contributed by atoms with E-state index in [9.17, 15) is 0 Å². The normalized spacial score (nSPS) is 22.4. The summed E-state index contributed by atoms with van der Waals surface area (Å²) in [4.78, 5) is 0. The Hall–Kier alpha value is -0.280. The monoisotopic (exact) mass is 273 g/mol. The molecule has 2 unspecified atom stereocenters. The molecular weight excluding hydrogens is 257 g/mol. The second-order valence-corrected chi connectivity index (χ2v) is 5.29. The van der Waals surface area contributed by atoms with Gasteiger partial charge in [0.2, 0.25) is 0 Å². The van der Waals surface area contributed by atoms with Crippen LogP contribution in [0.4, 0.5) is 0 Å². The van der Waals surface area contributed by atoms with E-state index in [0.29, 0.717) is 16.1 Å². The number of halogens is 2. The van der Waals surface area contributed by atoms with Gasteiger partial charge in [-0.25, -0.2) is 0 Å². The van der Waals surface area contributed by atoms with Crippen LogP contribution in [0.15, 0.2) is 18.2 Å². The average molecular weight is 274 g/mol. The van der Waals surface area contributed by atoms with Crippen LogP contribution >= 0.6 is 23.2 Å². The van der Waals surface area contributed by atoms with Crippen LogP contribution in [0.25, 0.3) is 0 Å². The van der Waals surface area contributed by atoms with E-state index in [2.05, 4.69) is 12.2 Å². The van der Waals surface area contributed by atoms with Crippen LogP contribution in [0.2, 0.25) is 10.0 Å². The summed E-state index contributed by atoms with van der Waals surface area (Å²) in [5.41, 5.74) is 1.16. The number of nitrogens with one attached hydrogen (secondary N) is 1. The summed E-state index contributed by atoms with van der Waals surface area (Å²) in [6.07, 6.45) is 2.30. The minimum absolute atomic E-state index is 0.261. The Kier molecular flexibility index (Phi) is 4.69. The molecule has 0 spiro atoms. The number of ether oxygens (including phenoxy) is 1. The molecular formula is C13H17Cl2NO. The fraction of sp³-hybridized carbons (Fsp3) is 0.538. The molecule has 1 heterocycles. The second-order valence-electron chi connectivity index (χ2n) is 4.48. The van der Waals surface area contributed by atoms with E-state index in [1.54, 1.807) is 0 Å². The van der Waals surface area contributed by atoms with Crippen LogP contribution in [0, 0.1) is 0 Å². The highest BCUT2D eigenvalue weighted by atomic mass is 35.5. The Morgan fingerprint density at radius 1 is 1.35 bits per heavy atom. The van der Waals surface area contributed by atoms with Crippen LogP contribution in [0.3, 0.4) is 0 Å². The summed E-state index contributed by atoms with van der Waals surface area (Å²) in [6, 6.07) is 6.47. The molecule has 1 saturated heterocycles. The fourth-order valence-electron chi connectivity index (χ4n) is 2.10. The van der Waals surface area contributed by atoms with Gasteiger partial charge >= 0.3 is 0 Å². The third-order valence-corrected chi connectivity index (χ3v) is 3.83. The first-order chi connectivity index (χ1) is 8.16. The van der Waals surface area contributed by atoms with Crippen molar-refractivity contribution in [1.82, 2.24) is 5.32 Å². The zero-order chi connectivity index (χ0) is 12.3. The molecule has 17 heavy (non-hydrogen) atoms. The quantitative estimate of drug-likeness (QED) is 0.904. The van der Waals surface area contributed by atoms with Gasteiger partial charge in [-0.05, 0) is 37.5 Å². The van der Waals surface area contributed by atoms with E-state index in [4.69, 9.17) is 27.9 Å². The SMILES string of the molecule is CC(NC1CCCOC1)c1ccc(Cl)c(Cl)c1. The molecule has 1 aromatic carbocycles. The van der Waals surface area contributed by atoms with Crippen molar-refractivity contribution in [3.05, 3.63) is 33.8 Å². The van der Waals surface area contributed by atoms with Gasteiger partial charge in [-0.1, -0.05) is 29.3 Å². The first-order valence-corrected chi connectivity index (χ1v) is 6.71. The zero-order valence-corrected chi connectivity index (χ0v) is 11.4. The molecule has 1 aromatic rings. The molecule has 1 aliphatic rings. The first kappa shape index (κ1) is 13.2. The molecule has 0 radical (unpaired) electrons. The van der Waals surface area contributed by atoms with Crippen LogP contribution in [0.5, 0.6) is 0 Å². The molecule has 2 rings (SSSR count). The summed E-state index contributed by atoms with van der Waals surface area (Å²) >= 11 is 11.9. The van der Waals surface area contributed by atoms with E-state index < -0.39 is 0 Å². The van der Waals surface area contributed by atoms with Crippen molar-refractivity contribution < 1.29 is 4.74 Å². The van der Waals surface area contributed by atoms with E-state index in [1.807, 2.05) is 18.2 Å². The molecule has 94 valence electrons. The van der Waals surface area contributed by atoms with Gasteiger partial charge in [0.05, 0.1) is 16.7 Å². The Balaban J connectivity index is 1.98. The van der Waals surface area contributed by atoms with Crippen molar-refractivity contribution in [3.8, 4) is 0 Å². The predicted molar refractivity (Wildman–Crippen MR) is 71.9 cm³/mol. The Bertz CT molecular complexity index is 378. The van der Waals surface area contributed by atoms with Crippen molar-refractivity contribution in [1.29, 1.82) is 0 Å². The van der Waals surface area contributed by atoms with Gasteiger partial charge in [0.25, 0.3) is 0 Å². The van der Waals surface area contributed by atoms with Crippen LogP contribution in [-0.4, -0.2) is 19.3 Å². The van der Waals surface area contributed by atoms with Crippen molar-refractivity contribution >= 4 is 23.2 Å². The largest absolute Gasteiger partial charge is 0.380 e. The maximum Gasteiger partial charge on any atom is 0.0619 e. The molecule has 0 bridgehead atoms. The van der Waals surface area contributed by atoms with E-state index in [0.717, 1.165) is 25.2 Å². The lowest BCUT2D eigenvalue weighted by Gasteiger charge is -2.27. The highest BCUT2D eigenvalue weighted by Gasteiger charge is 2.17. The molecule has 4 heteroatoms. The summed E-state index contributed by atoms with van der Waals surface area (Å²) < 4.78 is 5.45. The average Bonchev–Trinajstić information content (AvgIpc) is 2.34. The van der Waals surface area contributed by atoms with E-state index >= 15 is 0 Å². The fourth-order valence-corrected chi connectivity index (χ4v) is 2.41. The molecule has 0 aliphatic carbocycles. The molecule has 2 nitrogen and oxygen atoms in total. The van der Waals surface area contributed by atoms with Gasteiger partial charge in [-0.15, -0.1) is 0 Å². The van der Waals surface area contributed by atoms with Gasteiger partial charge in [0, 0.05) is 18.7 Å². The van der Waals surface area contributed by atoms with Gasteiger partial charge in [-0.3, -0.25) is 0 Å². The summed E-state index contributed by atoms with van der Waals surface area (Å²) in [6.45, 7) is 3.82. The standard InChI is InChI=1S/C13H17Cl2NO/c1-9(16-11-3-2-6-17-8-11)10-4-5-12(14)13(15)7-10/h4-5,7,9,11,16H,2-3,6,8H2,1H3. The summed E-state index contributed by atoms with van der Waals surface area (Å²) in [7, 11) is 0. The third kappa shape index (κ3) is 3.59. The lowest BCUT2D eigenvalue weighted by atomic mass is 10.1. The minimum Gasteiger partial charge on any atom is -0.380 e. The smallest absolute Gasteiger partial charge is 0.0619 e.